The molecule has 0 aromatic heterocycles. The first kappa shape index (κ1) is 29.6. The molecule has 0 spiro atoms. The van der Waals surface area contributed by atoms with Gasteiger partial charge in [-0.15, -0.1) is 0 Å². The van der Waals surface area contributed by atoms with Crippen LogP contribution >= 0.6 is 24.0 Å². The van der Waals surface area contributed by atoms with Gasteiger partial charge < -0.3 is 20.3 Å². The molecular formula is C26H36N2O6S2. The smallest absolute Gasteiger partial charge is 0.326 e. The van der Waals surface area contributed by atoms with Crippen LogP contribution in [-0.4, -0.2) is 50.9 Å². The Morgan fingerprint density at radius 3 is 2.53 bits per heavy atom. The van der Waals surface area contributed by atoms with Gasteiger partial charge in [0, 0.05) is 6.42 Å². The van der Waals surface area contributed by atoms with Crippen LogP contribution in [-0.2, 0) is 14.4 Å². The summed E-state index contributed by atoms with van der Waals surface area (Å²) in [5, 5.41) is 9.58. The van der Waals surface area contributed by atoms with Crippen molar-refractivity contribution in [2.45, 2.75) is 84.3 Å². The molecule has 1 aliphatic rings. The number of ether oxygens (including phenoxy) is 2. The first-order valence-electron chi connectivity index (χ1n) is 12.4. The molecule has 0 aliphatic carbocycles. The number of carboxylic acids is 1. The second-order valence-electron chi connectivity index (χ2n) is 8.68. The lowest BCUT2D eigenvalue weighted by Crippen LogP contribution is -2.44. The monoisotopic (exact) mass is 536 g/mol. The molecule has 3 N–H and O–H groups in total. The van der Waals surface area contributed by atoms with Crippen molar-refractivity contribution in [3.8, 4) is 11.5 Å². The highest BCUT2D eigenvalue weighted by molar-refractivity contribution is 8.26. The summed E-state index contributed by atoms with van der Waals surface area (Å²) in [6.45, 7) is 6.59. The first-order valence-corrected chi connectivity index (χ1v) is 13.6. The van der Waals surface area contributed by atoms with Gasteiger partial charge in [-0.1, -0.05) is 62.7 Å². The lowest BCUT2D eigenvalue weighted by molar-refractivity contribution is -0.145. The van der Waals surface area contributed by atoms with Crippen molar-refractivity contribution in [3.63, 3.8) is 0 Å². The minimum absolute atomic E-state index is 0.0429. The zero-order valence-electron chi connectivity index (χ0n) is 21.2. The van der Waals surface area contributed by atoms with Crippen molar-refractivity contribution >= 4 is 52.2 Å². The summed E-state index contributed by atoms with van der Waals surface area (Å²) in [5.41, 5.74) is 5.85. The van der Waals surface area contributed by atoms with E-state index in [-0.39, 0.29) is 23.3 Å². The van der Waals surface area contributed by atoms with E-state index in [9.17, 15) is 19.5 Å². The van der Waals surface area contributed by atoms with Gasteiger partial charge >= 0.3 is 5.97 Å². The first-order chi connectivity index (χ1) is 17.2. The van der Waals surface area contributed by atoms with Crippen LogP contribution in [0.5, 0.6) is 11.5 Å². The summed E-state index contributed by atoms with van der Waals surface area (Å²) in [4.78, 5) is 37.2. The van der Waals surface area contributed by atoms with E-state index in [4.69, 9.17) is 27.4 Å². The van der Waals surface area contributed by atoms with Gasteiger partial charge in [0.25, 0.3) is 5.91 Å². The summed E-state index contributed by atoms with van der Waals surface area (Å²) in [5.74, 6) is -1.19. The fraction of sp³-hybridized carbons (Fsp3) is 0.538. The molecule has 36 heavy (non-hydrogen) atoms. The van der Waals surface area contributed by atoms with Gasteiger partial charge in [-0.3, -0.25) is 14.5 Å². The molecule has 0 radical (unpaired) electrons. The number of thiocarbonyl (C=S) groups is 1. The molecule has 1 aromatic rings. The average Bonchev–Trinajstić information content (AvgIpc) is 3.08. The number of nitrogens with zero attached hydrogens (tertiary/aromatic N) is 1. The van der Waals surface area contributed by atoms with E-state index in [0.717, 1.165) is 29.5 Å². The molecule has 1 heterocycles. The fourth-order valence-electron chi connectivity index (χ4n) is 3.83. The van der Waals surface area contributed by atoms with Gasteiger partial charge in [0.05, 0.1) is 17.6 Å². The molecule has 0 unspecified atom stereocenters. The van der Waals surface area contributed by atoms with Crippen LogP contribution < -0.4 is 15.2 Å². The molecule has 0 saturated carbocycles. The van der Waals surface area contributed by atoms with Crippen LogP contribution in [0, 0.1) is 0 Å². The van der Waals surface area contributed by atoms with E-state index in [0.29, 0.717) is 28.6 Å². The van der Waals surface area contributed by atoms with E-state index in [1.165, 1.54) is 25.7 Å². The second-order valence-corrected chi connectivity index (χ2v) is 10.4. The Kier molecular flexibility index (Phi) is 12.2. The summed E-state index contributed by atoms with van der Waals surface area (Å²) in [7, 11) is 0. The third-order valence-electron chi connectivity index (χ3n) is 5.69. The lowest BCUT2D eigenvalue weighted by Gasteiger charge is -2.22. The Morgan fingerprint density at radius 2 is 1.89 bits per heavy atom. The Morgan fingerprint density at radius 1 is 1.17 bits per heavy atom. The molecular weight excluding hydrogens is 500 g/mol. The van der Waals surface area contributed by atoms with Crippen molar-refractivity contribution in [1.29, 1.82) is 0 Å². The maximum absolute atomic E-state index is 13.0. The largest absolute Gasteiger partial charge is 0.490 e. The number of amides is 2. The maximum Gasteiger partial charge on any atom is 0.326 e. The number of nitrogens with two attached hydrogens (primary N) is 1. The number of hydrogen-bond donors (Lipinski definition) is 2. The quantitative estimate of drug-likeness (QED) is 0.169. The van der Waals surface area contributed by atoms with Crippen LogP contribution in [0.2, 0.25) is 0 Å². The second kappa shape index (κ2) is 14.8. The number of unbranched alkanes of at least 4 members (excludes halogenated alkanes) is 4. The van der Waals surface area contributed by atoms with Gasteiger partial charge in [0.15, 0.2) is 11.5 Å². The predicted octanol–water partition coefficient (Wildman–Crippen LogP) is 5.13. The summed E-state index contributed by atoms with van der Waals surface area (Å²) >= 11 is 6.31. The number of rotatable bonds is 16. The maximum atomic E-state index is 13.0. The van der Waals surface area contributed by atoms with Crippen LogP contribution in [0.25, 0.3) is 6.08 Å². The normalized spacial score (nSPS) is 16.3. The third-order valence-corrected chi connectivity index (χ3v) is 7.02. The molecule has 8 nitrogen and oxygen atoms in total. The molecule has 10 heteroatoms. The number of carboxylic acid groups (broad SMARTS) is 1. The van der Waals surface area contributed by atoms with Gasteiger partial charge in [-0.25, -0.2) is 4.79 Å². The van der Waals surface area contributed by atoms with E-state index < -0.39 is 23.8 Å². The highest BCUT2D eigenvalue weighted by atomic mass is 32.2. The van der Waals surface area contributed by atoms with Crippen LogP contribution in [0.4, 0.5) is 0 Å². The Balaban J connectivity index is 2.15. The average molecular weight is 537 g/mol. The zero-order valence-corrected chi connectivity index (χ0v) is 22.8. The fourth-order valence-corrected chi connectivity index (χ4v) is 5.19. The van der Waals surface area contributed by atoms with Crippen molar-refractivity contribution in [3.05, 3.63) is 28.7 Å². The van der Waals surface area contributed by atoms with Crippen LogP contribution in [0.1, 0.15) is 77.7 Å². The molecule has 1 fully saturated rings. The van der Waals surface area contributed by atoms with Crippen LogP contribution in [0.15, 0.2) is 23.1 Å². The highest BCUT2D eigenvalue weighted by Gasteiger charge is 2.40. The Labute approximate surface area is 222 Å². The molecule has 1 saturated heterocycles. The van der Waals surface area contributed by atoms with Gasteiger partial charge in [-0.05, 0) is 56.9 Å². The number of primary amides is 1. The molecule has 2 rings (SSSR count). The number of thioether (sulfide) groups is 1. The van der Waals surface area contributed by atoms with Gasteiger partial charge in [0.1, 0.15) is 10.4 Å². The zero-order chi connectivity index (χ0) is 26.7. The van der Waals surface area contributed by atoms with Crippen molar-refractivity contribution < 1.29 is 29.0 Å². The molecule has 1 aromatic carbocycles. The standard InChI is InChI=1S/C26H36N2O6S2/c1-4-6-7-8-9-10-17(3)34-20-13-11-18(15-21(20)33-5-2)16-22-24(30)28(26(35)36-22)19(25(31)32)12-14-23(27)29/h11,13,15-17,19H,4-10,12,14H2,1-3H3,(H2,27,29)(H,31,32)/b22-16+/t17-,19-/m1/s1. The van der Waals surface area contributed by atoms with Gasteiger partial charge in [-0.2, -0.15) is 0 Å². The minimum Gasteiger partial charge on any atom is -0.490 e. The SMILES string of the molecule is CCCCCCC[C@@H](C)Oc1ccc(/C=C2/SC(=S)N([C@H](CCC(N)=O)C(=O)O)C2=O)cc1OCC. The van der Waals surface area contributed by atoms with Gasteiger partial charge in [0.2, 0.25) is 5.91 Å². The molecule has 2 atom stereocenters. The summed E-state index contributed by atoms with van der Waals surface area (Å²) in [6.07, 6.45) is 8.41. The number of aliphatic carboxylic acids is 1. The van der Waals surface area contributed by atoms with Crippen molar-refractivity contribution in [2.75, 3.05) is 6.61 Å². The molecule has 2 amide bonds. The molecule has 1 aliphatic heterocycles. The Hall–Kier alpha value is -2.59. The van der Waals surface area contributed by atoms with Crippen molar-refractivity contribution in [2.24, 2.45) is 5.73 Å². The Bertz CT molecular complexity index is 981. The number of benzene rings is 1. The number of carbonyl (C=O) groups is 3. The predicted molar refractivity (Wildman–Crippen MR) is 146 cm³/mol. The molecule has 198 valence electrons. The highest BCUT2D eigenvalue weighted by Crippen LogP contribution is 2.37. The summed E-state index contributed by atoms with van der Waals surface area (Å²) < 4.78 is 12.1. The van der Waals surface area contributed by atoms with E-state index >= 15 is 0 Å². The van der Waals surface area contributed by atoms with E-state index in [2.05, 4.69) is 6.92 Å². The number of carbonyl (C=O) groups excluding carboxylic acids is 2. The van der Waals surface area contributed by atoms with Crippen LogP contribution in [0.3, 0.4) is 0 Å². The van der Waals surface area contributed by atoms with Crippen molar-refractivity contribution in [1.82, 2.24) is 4.90 Å². The summed E-state index contributed by atoms with van der Waals surface area (Å²) in [6, 6.07) is 4.17. The topological polar surface area (TPSA) is 119 Å². The number of hydrogen-bond acceptors (Lipinski definition) is 7. The van der Waals surface area contributed by atoms with E-state index in [1.807, 2.05) is 26.0 Å². The minimum atomic E-state index is -1.26. The molecule has 0 bridgehead atoms. The third kappa shape index (κ3) is 8.81. The van der Waals surface area contributed by atoms with E-state index in [1.54, 1.807) is 12.1 Å². The lowest BCUT2D eigenvalue weighted by atomic mass is 10.1.